The predicted molar refractivity (Wildman–Crippen MR) is 81.7 cm³/mol. The molecule has 0 aliphatic carbocycles. The van der Waals surface area contributed by atoms with Gasteiger partial charge in [-0.25, -0.2) is 0 Å². The highest BCUT2D eigenvalue weighted by atomic mass is 35.5. The molecule has 6 nitrogen and oxygen atoms in total. The van der Waals surface area contributed by atoms with Gasteiger partial charge >= 0.3 is 0 Å². The van der Waals surface area contributed by atoms with E-state index in [2.05, 4.69) is 20.1 Å². The highest BCUT2D eigenvalue weighted by Gasteiger charge is 2.20. The maximum atomic E-state index is 12.1. The van der Waals surface area contributed by atoms with Crippen LogP contribution in [0.3, 0.4) is 0 Å². The molecular formula is C15H17ClN4O2. The molecule has 7 heteroatoms. The molecule has 22 heavy (non-hydrogen) atoms. The summed E-state index contributed by atoms with van der Waals surface area (Å²) in [5.74, 6) is 2.06. The Kier molecular flexibility index (Phi) is 4.29. The number of carbonyl (C=O) groups excluding carboxylic acids is 1. The molecule has 2 heterocycles. The second-order valence-electron chi connectivity index (χ2n) is 5.20. The standard InChI is InChI=1S/C15H17ClN4O2/c1-10(22-12-6-3-2-5-11(12)16)15(21)17-9-14-19-18-13-7-4-8-20(13)14/h2-3,5-6,10H,4,7-9H2,1H3,(H,17,21). The van der Waals surface area contributed by atoms with E-state index in [0.717, 1.165) is 31.0 Å². The predicted octanol–water partition coefficient (Wildman–Crippen LogP) is 1.96. The number of benzene rings is 1. The number of hydrogen-bond acceptors (Lipinski definition) is 4. The Hall–Kier alpha value is -2.08. The first kappa shape index (κ1) is 14.8. The molecule has 1 atom stereocenters. The molecule has 0 saturated heterocycles. The Morgan fingerprint density at radius 1 is 1.45 bits per heavy atom. The number of halogens is 1. The van der Waals surface area contributed by atoms with Gasteiger partial charge in [-0.15, -0.1) is 10.2 Å². The normalized spacial score (nSPS) is 14.5. The molecule has 116 valence electrons. The van der Waals surface area contributed by atoms with Crippen LogP contribution < -0.4 is 10.1 Å². The van der Waals surface area contributed by atoms with Crippen LogP contribution in [0.2, 0.25) is 5.02 Å². The van der Waals surface area contributed by atoms with Crippen LogP contribution in [-0.4, -0.2) is 26.8 Å². The third-order valence-corrected chi connectivity index (χ3v) is 3.93. The van der Waals surface area contributed by atoms with Gasteiger partial charge < -0.3 is 14.6 Å². The van der Waals surface area contributed by atoms with Crippen LogP contribution in [-0.2, 0) is 24.3 Å². The van der Waals surface area contributed by atoms with Crippen molar-refractivity contribution < 1.29 is 9.53 Å². The monoisotopic (exact) mass is 320 g/mol. The molecule has 0 fully saturated rings. The van der Waals surface area contributed by atoms with Gasteiger partial charge in [0.1, 0.15) is 11.6 Å². The topological polar surface area (TPSA) is 69.0 Å². The summed E-state index contributed by atoms with van der Waals surface area (Å²) in [6.45, 7) is 2.95. The van der Waals surface area contributed by atoms with Crippen molar-refractivity contribution in [3.63, 3.8) is 0 Å². The summed E-state index contributed by atoms with van der Waals surface area (Å²) in [4.78, 5) is 12.1. The number of nitrogens with one attached hydrogen (secondary N) is 1. The molecule has 1 aromatic heterocycles. The third-order valence-electron chi connectivity index (χ3n) is 3.62. The second kappa shape index (κ2) is 6.36. The number of fused-ring (bicyclic) bond motifs is 1. The molecule has 1 aromatic carbocycles. The van der Waals surface area contributed by atoms with E-state index in [9.17, 15) is 4.79 Å². The average molecular weight is 321 g/mol. The van der Waals surface area contributed by atoms with Crippen molar-refractivity contribution in [1.82, 2.24) is 20.1 Å². The van der Waals surface area contributed by atoms with Gasteiger partial charge in [0.15, 0.2) is 11.9 Å². The summed E-state index contributed by atoms with van der Waals surface area (Å²) < 4.78 is 7.64. The molecule has 1 aliphatic rings. The maximum absolute atomic E-state index is 12.1. The van der Waals surface area contributed by atoms with Crippen molar-refractivity contribution in [2.45, 2.75) is 39.0 Å². The lowest BCUT2D eigenvalue weighted by molar-refractivity contribution is -0.127. The highest BCUT2D eigenvalue weighted by Crippen LogP contribution is 2.24. The molecule has 0 saturated carbocycles. The Morgan fingerprint density at radius 3 is 3.09 bits per heavy atom. The van der Waals surface area contributed by atoms with Gasteiger partial charge in [0.05, 0.1) is 11.6 Å². The van der Waals surface area contributed by atoms with E-state index >= 15 is 0 Å². The second-order valence-corrected chi connectivity index (χ2v) is 5.60. The largest absolute Gasteiger partial charge is 0.479 e. The van der Waals surface area contributed by atoms with Crippen LogP contribution in [0.15, 0.2) is 24.3 Å². The number of carbonyl (C=O) groups is 1. The molecule has 1 N–H and O–H groups in total. The fourth-order valence-corrected chi connectivity index (χ4v) is 2.62. The van der Waals surface area contributed by atoms with E-state index in [1.807, 2.05) is 12.1 Å². The lowest BCUT2D eigenvalue weighted by atomic mass is 10.3. The Labute approximate surface area is 133 Å². The zero-order valence-electron chi connectivity index (χ0n) is 12.3. The van der Waals surface area contributed by atoms with Crippen molar-refractivity contribution in [2.24, 2.45) is 0 Å². The van der Waals surface area contributed by atoms with E-state index in [4.69, 9.17) is 16.3 Å². The molecular weight excluding hydrogens is 304 g/mol. The van der Waals surface area contributed by atoms with E-state index in [0.29, 0.717) is 17.3 Å². The van der Waals surface area contributed by atoms with Gasteiger partial charge in [0.2, 0.25) is 0 Å². The summed E-state index contributed by atoms with van der Waals surface area (Å²) >= 11 is 6.02. The first-order valence-corrected chi connectivity index (χ1v) is 7.63. The lowest BCUT2D eigenvalue weighted by Gasteiger charge is -2.15. The van der Waals surface area contributed by atoms with Gasteiger partial charge in [-0.1, -0.05) is 23.7 Å². The number of para-hydroxylation sites is 1. The van der Waals surface area contributed by atoms with Gasteiger partial charge in [0, 0.05) is 13.0 Å². The van der Waals surface area contributed by atoms with Gasteiger partial charge in [0.25, 0.3) is 5.91 Å². The Balaban J connectivity index is 1.56. The minimum absolute atomic E-state index is 0.213. The van der Waals surface area contributed by atoms with E-state index in [-0.39, 0.29) is 5.91 Å². The lowest BCUT2D eigenvalue weighted by Crippen LogP contribution is -2.36. The van der Waals surface area contributed by atoms with Gasteiger partial charge in [-0.3, -0.25) is 4.79 Å². The van der Waals surface area contributed by atoms with E-state index < -0.39 is 6.10 Å². The quantitative estimate of drug-likeness (QED) is 0.914. The van der Waals surface area contributed by atoms with Crippen molar-refractivity contribution in [3.05, 3.63) is 40.9 Å². The van der Waals surface area contributed by atoms with Crippen LogP contribution in [0.4, 0.5) is 0 Å². The molecule has 0 spiro atoms. The van der Waals surface area contributed by atoms with Crippen molar-refractivity contribution in [3.8, 4) is 5.75 Å². The molecule has 1 unspecified atom stereocenters. The van der Waals surface area contributed by atoms with E-state index in [1.54, 1.807) is 19.1 Å². The summed E-state index contributed by atoms with van der Waals surface area (Å²) in [5.41, 5.74) is 0. The van der Waals surface area contributed by atoms with Gasteiger partial charge in [-0.05, 0) is 25.5 Å². The molecule has 1 amide bonds. The molecule has 3 rings (SSSR count). The Bertz CT molecular complexity index is 686. The number of aromatic nitrogens is 3. The summed E-state index contributed by atoms with van der Waals surface area (Å²) in [6, 6.07) is 7.08. The van der Waals surface area contributed by atoms with Crippen LogP contribution in [0.5, 0.6) is 5.75 Å². The van der Waals surface area contributed by atoms with Crippen LogP contribution in [0.25, 0.3) is 0 Å². The Morgan fingerprint density at radius 2 is 2.27 bits per heavy atom. The number of ether oxygens (including phenoxy) is 1. The number of hydrogen-bond donors (Lipinski definition) is 1. The molecule has 0 bridgehead atoms. The first-order chi connectivity index (χ1) is 10.6. The van der Waals surface area contributed by atoms with Crippen molar-refractivity contribution >= 4 is 17.5 Å². The van der Waals surface area contributed by atoms with Crippen LogP contribution in [0, 0.1) is 0 Å². The zero-order chi connectivity index (χ0) is 15.5. The van der Waals surface area contributed by atoms with Gasteiger partial charge in [-0.2, -0.15) is 0 Å². The SMILES string of the molecule is CC(Oc1ccccc1Cl)C(=O)NCc1nnc2n1CCC2. The maximum Gasteiger partial charge on any atom is 0.261 e. The number of rotatable bonds is 5. The summed E-state index contributed by atoms with van der Waals surface area (Å²) in [5, 5.41) is 11.5. The first-order valence-electron chi connectivity index (χ1n) is 7.25. The van der Waals surface area contributed by atoms with Crippen LogP contribution in [0.1, 0.15) is 25.0 Å². The van der Waals surface area contributed by atoms with Crippen molar-refractivity contribution in [2.75, 3.05) is 0 Å². The molecule has 2 aromatic rings. The minimum atomic E-state index is -0.638. The van der Waals surface area contributed by atoms with E-state index in [1.165, 1.54) is 0 Å². The summed E-state index contributed by atoms with van der Waals surface area (Å²) in [6.07, 6.45) is 1.39. The minimum Gasteiger partial charge on any atom is -0.479 e. The fraction of sp³-hybridized carbons (Fsp3) is 0.400. The third kappa shape index (κ3) is 3.06. The number of amides is 1. The number of aryl methyl sites for hydroxylation is 1. The number of nitrogens with zero attached hydrogens (tertiary/aromatic N) is 3. The average Bonchev–Trinajstić information content (AvgIpc) is 3.10. The van der Waals surface area contributed by atoms with Crippen molar-refractivity contribution in [1.29, 1.82) is 0 Å². The molecule has 0 radical (unpaired) electrons. The van der Waals surface area contributed by atoms with Crippen LogP contribution >= 0.6 is 11.6 Å². The zero-order valence-corrected chi connectivity index (χ0v) is 13.0. The highest BCUT2D eigenvalue weighted by molar-refractivity contribution is 6.32. The summed E-state index contributed by atoms with van der Waals surface area (Å²) in [7, 11) is 0. The smallest absolute Gasteiger partial charge is 0.261 e. The molecule has 1 aliphatic heterocycles. The fourth-order valence-electron chi connectivity index (χ4n) is 2.44.